The molecule has 2 amide bonds. The average molecular weight is 292 g/mol. The third-order valence-corrected chi connectivity index (χ3v) is 4.28. The summed E-state index contributed by atoms with van der Waals surface area (Å²) in [5.41, 5.74) is 1.09. The highest BCUT2D eigenvalue weighted by atomic mass is 16.2. The number of hydrogen-bond acceptors (Lipinski definition) is 3. The second-order valence-corrected chi connectivity index (χ2v) is 5.70. The second-order valence-electron chi connectivity index (χ2n) is 5.70. The van der Waals surface area contributed by atoms with Crippen LogP contribution in [0.2, 0.25) is 0 Å². The van der Waals surface area contributed by atoms with Gasteiger partial charge in [0.1, 0.15) is 6.04 Å². The summed E-state index contributed by atoms with van der Waals surface area (Å²) in [6.45, 7) is 5.16. The Kier molecular flexibility index (Phi) is 4.98. The highest BCUT2D eigenvalue weighted by Gasteiger charge is 2.32. The minimum atomic E-state index is -0.392. The predicted octanol–water partition coefficient (Wildman–Crippen LogP) is 0.726. The SMILES string of the molecule is CCC(C)C1NC(=O)CCN(CCc2ccnn2C)C1=O. The Morgan fingerprint density at radius 1 is 1.48 bits per heavy atom. The van der Waals surface area contributed by atoms with E-state index in [2.05, 4.69) is 10.4 Å². The van der Waals surface area contributed by atoms with Gasteiger partial charge in [0.25, 0.3) is 0 Å². The molecule has 0 bridgehead atoms. The van der Waals surface area contributed by atoms with Crippen molar-refractivity contribution in [2.45, 2.75) is 39.2 Å². The van der Waals surface area contributed by atoms with Crippen LogP contribution in [0.5, 0.6) is 0 Å². The molecule has 2 atom stereocenters. The third kappa shape index (κ3) is 3.62. The molecule has 6 heteroatoms. The quantitative estimate of drug-likeness (QED) is 0.870. The van der Waals surface area contributed by atoms with Gasteiger partial charge in [0.15, 0.2) is 0 Å². The van der Waals surface area contributed by atoms with Crippen LogP contribution in [0.25, 0.3) is 0 Å². The third-order valence-electron chi connectivity index (χ3n) is 4.28. The molecule has 21 heavy (non-hydrogen) atoms. The molecule has 2 rings (SSSR count). The van der Waals surface area contributed by atoms with Gasteiger partial charge in [-0.2, -0.15) is 5.10 Å². The highest BCUT2D eigenvalue weighted by molar-refractivity contribution is 5.90. The van der Waals surface area contributed by atoms with Crippen molar-refractivity contribution >= 4 is 11.8 Å². The van der Waals surface area contributed by atoms with E-state index in [0.717, 1.165) is 18.5 Å². The molecule has 1 aliphatic heterocycles. The molecular weight excluding hydrogens is 268 g/mol. The van der Waals surface area contributed by atoms with Crippen molar-refractivity contribution in [2.24, 2.45) is 13.0 Å². The van der Waals surface area contributed by atoms with Gasteiger partial charge in [0.05, 0.1) is 0 Å². The lowest BCUT2D eigenvalue weighted by atomic mass is 9.98. The Bertz CT molecular complexity index is 512. The topological polar surface area (TPSA) is 67.2 Å². The number of nitrogens with zero attached hydrogens (tertiary/aromatic N) is 3. The lowest BCUT2D eigenvalue weighted by molar-refractivity contribution is -0.134. The summed E-state index contributed by atoms with van der Waals surface area (Å²) < 4.78 is 1.82. The lowest BCUT2D eigenvalue weighted by Crippen LogP contribution is -2.48. The van der Waals surface area contributed by atoms with Crippen LogP contribution in [0.15, 0.2) is 12.3 Å². The zero-order valence-electron chi connectivity index (χ0n) is 13.0. The summed E-state index contributed by atoms with van der Waals surface area (Å²) in [6, 6.07) is 1.56. The normalized spacial score (nSPS) is 21.1. The van der Waals surface area contributed by atoms with Gasteiger partial charge in [-0.25, -0.2) is 0 Å². The summed E-state index contributed by atoms with van der Waals surface area (Å²) >= 11 is 0. The van der Waals surface area contributed by atoms with E-state index >= 15 is 0 Å². The molecule has 0 saturated carbocycles. The summed E-state index contributed by atoms with van der Waals surface area (Å²) in [4.78, 5) is 26.2. The Morgan fingerprint density at radius 3 is 2.86 bits per heavy atom. The van der Waals surface area contributed by atoms with E-state index in [4.69, 9.17) is 0 Å². The zero-order chi connectivity index (χ0) is 15.4. The average Bonchev–Trinajstić information content (AvgIpc) is 2.82. The van der Waals surface area contributed by atoms with Gasteiger partial charge in [-0.1, -0.05) is 20.3 Å². The molecule has 0 aliphatic carbocycles. The maximum Gasteiger partial charge on any atom is 0.245 e. The van der Waals surface area contributed by atoms with Crippen LogP contribution < -0.4 is 5.32 Å². The summed E-state index contributed by atoms with van der Waals surface area (Å²) in [5.74, 6) is 0.160. The first kappa shape index (κ1) is 15.5. The van der Waals surface area contributed by atoms with Crippen molar-refractivity contribution in [3.8, 4) is 0 Å². The van der Waals surface area contributed by atoms with E-state index in [1.165, 1.54) is 0 Å². The molecule has 1 saturated heterocycles. The van der Waals surface area contributed by atoms with Gasteiger partial charge in [-0.05, 0) is 12.0 Å². The van der Waals surface area contributed by atoms with Crippen LogP contribution in [0.3, 0.4) is 0 Å². The molecule has 1 fully saturated rings. The Balaban J connectivity index is 2.05. The van der Waals surface area contributed by atoms with Crippen LogP contribution in [0.4, 0.5) is 0 Å². The van der Waals surface area contributed by atoms with Crippen LogP contribution in [0.1, 0.15) is 32.4 Å². The molecular formula is C15H24N4O2. The summed E-state index contributed by atoms with van der Waals surface area (Å²) in [5, 5.41) is 7.00. The van der Waals surface area contributed by atoms with Crippen molar-refractivity contribution in [3.05, 3.63) is 18.0 Å². The molecule has 0 radical (unpaired) electrons. The van der Waals surface area contributed by atoms with E-state index in [0.29, 0.717) is 19.5 Å². The van der Waals surface area contributed by atoms with E-state index in [1.54, 1.807) is 6.20 Å². The van der Waals surface area contributed by atoms with Gasteiger partial charge in [-0.3, -0.25) is 14.3 Å². The van der Waals surface area contributed by atoms with Crippen molar-refractivity contribution in [1.29, 1.82) is 0 Å². The fourth-order valence-corrected chi connectivity index (χ4v) is 2.59. The van der Waals surface area contributed by atoms with E-state index in [-0.39, 0.29) is 17.7 Å². The van der Waals surface area contributed by atoms with Gasteiger partial charge in [0, 0.05) is 44.9 Å². The van der Waals surface area contributed by atoms with Crippen LogP contribution >= 0.6 is 0 Å². The number of carbonyl (C=O) groups is 2. The summed E-state index contributed by atoms with van der Waals surface area (Å²) in [6.07, 6.45) is 3.76. The maximum absolute atomic E-state index is 12.6. The number of nitrogens with one attached hydrogen (secondary N) is 1. The second kappa shape index (κ2) is 6.74. The van der Waals surface area contributed by atoms with Crippen LogP contribution in [0, 0.1) is 5.92 Å². The highest BCUT2D eigenvalue weighted by Crippen LogP contribution is 2.15. The number of carbonyl (C=O) groups excluding carboxylic acids is 2. The number of aromatic nitrogens is 2. The first-order valence-corrected chi connectivity index (χ1v) is 7.58. The van der Waals surface area contributed by atoms with Crippen molar-refractivity contribution in [2.75, 3.05) is 13.1 Å². The van der Waals surface area contributed by atoms with Crippen LogP contribution in [-0.2, 0) is 23.1 Å². The zero-order valence-corrected chi connectivity index (χ0v) is 13.0. The molecule has 0 spiro atoms. The van der Waals surface area contributed by atoms with Crippen molar-refractivity contribution < 1.29 is 9.59 Å². The molecule has 6 nitrogen and oxygen atoms in total. The Hall–Kier alpha value is -1.85. The van der Waals surface area contributed by atoms with Crippen molar-refractivity contribution in [1.82, 2.24) is 20.0 Å². The first-order valence-electron chi connectivity index (χ1n) is 7.58. The molecule has 0 aromatic carbocycles. The molecule has 1 aromatic rings. The smallest absolute Gasteiger partial charge is 0.245 e. The predicted molar refractivity (Wildman–Crippen MR) is 79.5 cm³/mol. The number of amides is 2. The monoisotopic (exact) mass is 292 g/mol. The number of aryl methyl sites for hydroxylation is 1. The van der Waals surface area contributed by atoms with E-state index in [1.807, 2.05) is 36.5 Å². The van der Waals surface area contributed by atoms with Gasteiger partial charge in [0.2, 0.25) is 11.8 Å². The summed E-state index contributed by atoms with van der Waals surface area (Å²) in [7, 11) is 1.90. The Morgan fingerprint density at radius 2 is 2.24 bits per heavy atom. The van der Waals surface area contributed by atoms with Gasteiger partial charge >= 0.3 is 0 Å². The first-order chi connectivity index (χ1) is 10.0. The Labute approximate surface area is 125 Å². The van der Waals surface area contributed by atoms with Gasteiger partial charge in [-0.15, -0.1) is 0 Å². The molecule has 1 N–H and O–H groups in total. The standard InChI is InChI=1S/C15H24N4O2/c1-4-11(2)14-15(21)19(10-7-13(20)17-14)9-6-12-5-8-16-18(12)3/h5,8,11,14H,4,6-7,9-10H2,1-3H3,(H,17,20). The number of rotatable bonds is 5. The molecule has 1 aromatic heterocycles. The fraction of sp³-hybridized carbons (Fsp3) is 0.667. The lowest BCUT2D eigenvalue weighted by Gasteiger charge is -2.27. The molecule has 2 unspecified atom stereocenters. The van der Waals surface area contributed by atoms with Crippen LogP contribution in [-0.4, -0.2) is 45.6 Å². The fourth-order valence-electron chi connectivity index (χ4n) is 2.59. The molecule has 1 aliphatic rings. The van der Waals surface area contributed by atoms with E-state index < -0.39 is 6.04 Å². The van der Waals surface area contributed by atoms with Crippen molar-refractivity contribution in [3.63, 3.8) is 0 Å². The minimum absolute atomic E-state index is 0.0308. The van der Waals surface area contributed by atoms with Gasteiger partial charge < -0.3 is 10.2 Å². The molecule has 2 heterocycles. The van der Waals surface area contributed by atoms with E-state index in [9.17, 15) is 9.59 Å². The largest absolute Gasteiger partial charge is 0.344 e. The maximum atomic E-state index is 12.6. The molecule has 116 valence electrons. The number of hydrogen-bond donors (Lipinski definition) is 1. The minimum Gasteiger partial charge on any atom is -0.344 e.